The van der Waals surface area contributed by atoms with Gasteiger partial charge in [0.2, 0.25) is 0 Å². The van der Waals surface area contributed by atoms with Crippen molar-refractivity contribution in [1.82, 2.24) is 0 Å². The van der Waals surface area contributed by atoms with E-state index in [9.17, 15) is 4.57 Å². The molecule has 1 unspecified atom stereocenters. The van der Waals surface area contributed by atoms with Crippen LogP contribution < -0.4 is 0 Å². The molecule has 152 valence electrons. The molecule has 0 amide bonds. The molecule has 0 aromatic heterocycles. The monoisotopic (exact) mass is 376 g/mol. The van der Waals surface area contributed by atoms with E-state index < -0.39 is 7.60 Å². The van der Waals surface area contributed by atoms with Crippen LogP contribution in [0.15, 0.2) is 0 Å². The molecule has 0 fully saturated rings. The molecule has 25 heavy (non-hydrogen) atoms. The summed E-state index contributed by atoms with van der Waals surface area (Å²) in [6, 6.07) is 0. The third-order valence-electron chi connectivity index (χ3n) is 4.89. The van der Waals surface area contributed by atoms with Crippen LogP contribution in [0.4, 0.5) is 0 Å². The minimum atomic E-state index is -2.79. The number of hydrogen-bond acceptors (Lipinski definition) is 3. The Morgan fingerprint density at radius 1 is 0.600 bits per heavy atom. The van der Waals surface area contributed by atoms with Crippen LogP contribution in [0.2, 0.25) is 0 Å². The van der Waals surface area contributed by atoms with E-state index in [1.54, 1.807) is 0 Å². The van der Waals surface area contributed by atoms with Crippen LogP contribution in [0.3, 0.4) is 0 Å². The van der Waals surface area contributed by atoms with E-state index in [0.717, 1.165) is 12.8 Å². The Hall–Kier alpha value is 0.150. The first-order valence-electron chi connectivity index (χ1n) is 11.0. The molecule has 0 radical (unpaired) electrons. The van der Waals surface area contributed by atoms with Gasteiger partial charge in [-0.25, -0.2) is 0 Å². The van der Waals surface area contributed by atoms with Crippen molar-refractivity contribution in [3.63, 3.8) is 0 Å². The summed E-state index contributed by atoms with van der Waals surface area (Å²) in [5.74, 6) is 0. The molecule has 0 heterocycles. The fourth-order valence-electron chi connectivity index (χ4n) is 3.26. The Morgan fingerprint density at radius 3 is 1.28 bits per heavy atom. The van der Waals surface area contributed by atoms with E-state index >= 15 is 0 Å². The minimum absolute atomic E-state index is 0.462. The molecule has 0 aliphatic carbocycles. The van der Waals surface area contributed by atoms with E-state index in [1.807, 2.05) is 6.92 Å². The van der Waals surface area contributed by atoms with Gasteiger partial charge in [0.25, 0.3) is 0 Å². The van der Waals surface area contributed by atoms with Crippen LogP contribution >= 0.6 is 7.60 Å². The topological polar surface area (TPSA) is 35.5 Å². The summed E-state index contributed by atoms with van der Waals surface area (Å²) in [7, 11) is -1.30. The third-order valence-corrected chi connectivity index (χ3v) is 6.96. The van der Waals surface area contributed by atoms with Crippen molar-refractivity contribution in [1.29, 1.82) is 0 Å². The summed E-state index contributed by atoms with van der Waals surface area (Å²) in [6.07, 6.45) is 22.1. The summed E-state index contributed by atoms with van der Waals surface area (Å²) < 4.78 is 22.4. The quantitative estimate of drug-likeness (QED) is 0.159. The standard InChI is InChI=1S/C21H45O3P/c1-4-6-7-8-9-10-11-12-13-14-15-16-17-18-19-20-21-25(22,23-3)24-5-2/h4-21H2,1-3H3. The summed E-state index contributed by atoms with van der Waals surface area (Å²) >= 11 is 0. The number of unbranched alkanes of at least 4 members (excludes halogenated alkanes) is 15. The minimum Gasteiger partial charge on any atom is -0.312 e. The van der Waals surface area contributed by atoms with Crippen LogP contribution in [0, 0.1) is 0 Å². The lowest BCUT2D eigenvalue weighted by Crippen LogP contribution is -1.97. The molecule has 4 heteroatoms. The van der Waals surface area contributed by atoms with Gasteiger partial charge in [-0.15, -0.1) is 0 Å². The van der Waals surface area contributed by atoms with Crippen molar-refractivity contribution in [2.75, 3.05) is 19.9 Å². The van der Waals surface area contributed by atoms with Gasteiger partial charge in [-0.2, -0.15) is 0 Å². The highest BCUT2D eigenvalue weighted by Gasteiger charge is 2.20. The van der Waals surface area contributed by atoms with Crippen molar-refractivity contribution >= 4 is 7.60 Å². The predicted molar refractivity (Wildman–Crippen MR) is 111 cm³/mol. The van der Waals surface area contributed by atoms with Crippen LogP contribution in [0.5, 0.6) is 0 Å². The Morgan fingerprint density at radius 2 is 0.960 bits per heavy atom. The fraction of sp³-hybridized carbons (Fsp3) is 1.00. The Kier molecular flexibility index (Phi) is 19.0. The van der Waals surface area contributed by atoms with Crippen molar-refractivity contribution in [2.45, 2.75) is 117 Å². The largest absolute Gasteiger partial charge is 0.330 e. The van der Waals surface area contributed by atoms with Gasteiger partial charge in [0.05, 0.1) is 12.8 Å². The summed E-state index contributed by atoms with van der Waals surface area (Å²) in [6.45, 7) is 4.60. The van der Waals surface area contributed by atoms with Gasteiger partial charge in [-0.05, 0) is 13.3 Å². The molecule has 0 saturated heterocycles. The van der Waals surface area contributed by atoms with E-state index in [1.165, 1.54) is 97.0 Å². The molecular weight excluding hydrogens is 331 g/mol. The summed E-state index contributed by atoms with van der Waals surface area (Å²) in [5, 5.41) is 0. The highest BCUT2D eigenvalue weighted by atomic mass is 31.2. The van der Waals surface area contributed by atoms with Gasteiger partial charge in [-0.3, -0.25) is 4.57 Å². The lowest BCUT2D eigenvalue weighted by Gasteiger charge is -2.14. The highest BCUT2D eigenvalue weighted by molar-refractivity contribution is 7.53. The van der Waals surface area contributed by atoms with Crippen LogP contribution in [0.25, 0.3) is 0 Å². The van der Waals surface area contributed by atoms with Gasteiger partial charge < -0.3 is 9.05 Å². The molecule has 0 aromatic carbocycles. The zero-order valence-electron chi connectivity index (χ0n) is 17.4. The zero-order valence-corrected chi connectivity index (χ0v) is 18.3. The Bertz CT molecular complexity index is 308. The lowest BCUT2D eigenvalue weighted by molar-refractivity contribution is 0.243. The van der Waals surface area contributed by atoms with Crippen molar-refractivity contribution in [3.8, 4) is 0 Å². The van der Waals surface area contributed by atoms with Gasteiger partial charge in [-0.1, -0.05) is 103 Å². The van der Waals surface area contributed by atoms with E-state index in [4.69, 9.17) is 9.05 Å². The van der Waals surface area contributed by atoms with Crippen molar-refractivity contribution in [2.24, 2.45) is 0 Å². The first-order chi connectivity index (χ1) is 12.2. The van der Waals surface area contributed by atoms with Gasteiger partial charge >= 0.3 is 7.60 Å². The van der Waals surface area contributed by atoms with Crippen LogP contribution in [-0.4, -0.2) is 19.9 Å². The zero-order chi connectivity index (χ0) is 18.6. The first-order valence-corrected chi connectivity index (χ1v) is 12.7. The molecule has 1 atom stereocenters. The number of rotatable bonds is 20. The highest BCUT2D eigenvalue weighted by Crippen LogP contribution is 2.47. The number of hydrogen-bond donors (Lipinski definition) is 0. The Balaban J connectivity index is 3.20. The molecule has 0 saturated carbocycles. The molecule has 3 nitrogen and oxygen atoms in total. The molecule has 0 N–H and O–H groups in total. The average molecular weight is 377 g/mol. The second kappa shape index (κ2) is 18.9. The lowest BCUT2D eigenvalue weighted by atomic mass is 10.0. The van der Waals surface area contributed by atoms with Gasteiger partial charge in [0, 0.05) is 7.11 Å². The molecule has 0 aliphatic rings. The van der Waals surface area contributed by atoms with Crippen molar-refractivity contribution < 1.29 is 13.6 Å². The second-order valence-electron chi connectivity index (χ2n) is 7.24. The maximum atomic E-state index is 12.1. The summed E-state index contributed by atoms with van der Waals surface area (Å²) in [5.41, 5.74) is 0. The predicted octanol–water partition coefficient (Wildman–Crippen LogP) is 8.12. The second-order valence-corrected chi connectivity index (χ2v) is 9.53. The molecular formula is C21H45O3P. The molecule has 0 bridgehead atoms. The SMILES string of the molecule is CCCCCCCCCCCCCCCCCCP(=O)(OC)OCC. The van der Waals surface area contributed by atoms with E-state index in [2.05, 4.69) is 6.92 Å². The normalized spacial score (nSPS) is 13.9. The van der Waals surface area contributed by atoms with Crippen LogP contribution in [-0.2, 0) is 13.6 Å². The maximum absolute atomic E-state index is 12.1. The maximum Gasteiger partial charge on any atom is 0.330 e. The van der Waals surface area contributed by atoms with Gasteiger partial charge in [0.1, 0.15) is 0 Å². The average Bonchev–Trinajstić information content (AvgIpc) is 2.61. The Labute approximate surface area is 158 Å². The van der Waals surface area contributed by atoms with E-state index in [0.29, 0.717) is 12.8 Å². The summed E-state index contributed by atoms with van der Waals surface area (Å²) in [4.78, 5) is 0. The molecule has 0 aliphatic heterocycles. The molecule has 0 aromatic rings. The van der Waals surface area contributed by atoms with E-state index in [-0.39, 0.29) is 0 Å². The van der Waals surface area contributed by atoms with Crippen LogP contribution in [0.1, 0.15) is 117 Å². The molecule has 0 rings (SSSR count). The van der Waals surface area contributed by atoms with Crippen molar-refractivity contribution in [3.05, 3.63) is 0 Å². The fourth-order valence-corrected chi connectivity index (χ4v) is 4.68. The van der Waals surface area contributed by atoms with Gasteiger partial charge in [0.15, 0.2) is 0 Å². The molecule has 0 spiro atoms. The smallest absolute Gasteiger partial charge is 0.312 e. The third kappa shape index (κ3) is 17.3. The first kappa shape index (κ1) is 25.1.